The smallest absolute Gasteiger partial charge is 0.129 e. The summed E-state index contributed by atoms with van der Waals surface area (Å²) in [6.07, 6.45) is 0.289. The van der Waals surface area contributed by atoms with Gasteiger partial charge in [0.05, 0.1) is 4.83 Å². The third-order valence-electron chi connectivity index (χ3n) is 2.37. The van der Waals surface area contributed by atoms with E-state index >= 15 is 0 Å². The zero-order valence-corrected chi connectivity index (χ0v) is 12.6. The van der Waals surface area contributed by atoms with Crippen LogP contribution < -0.4 is 0 Å². The summed E-state index contributed by atoms with van der Waals surface area (Å²) >= 11 is 8.43. The average molecular weight is 382 g/mol. The van der Waals surface area contributed by atoms with Crippen molar-refractivity contribution in [2.45, 2.75) is 11.2 Å². The molecule has 0 spiro atoms. The molecule has 0 aliphatic carbocycles. The molecule has 1 aromatic carbocycles. The number of hydrogen-bond donors (Lipinski definition) is 0. The Labute approximate surface area is 119 Å². The largest absolute Gasteiger partial charge is 0.207 e. The lowest BCUT2D eigenvalue weighted by molar-refractivity contribution is 0.554. The molecule has 0 N–H and O–H groups in total. The molecule has 0 aliphatic rings. The number of thiophene rings is 1. The zero-order valence-electron chi connectivity index (χ0n) is 8.59. The summed E-state index contributed by atoms with van der Waals surface area (Å²) in [5.74, 6) is -0.996. The molecule has 1 aromatic heterocycles. The molecule has 1 atom stereocenters. The molecule has 90 valence electrons. The second kappa shape index (κ2) is 5.59. The highest BCUT2D eigenvalue weighted by Gasteiger charge is 2.17. The topological polar surface area (TPSA) is 0 Å². The third-order valence-corrected chi connectivity index (χ3v) is 5.44. The van der Waals surface area contributed by atoms with Gasteiger partial charge in [-0.3, -0.25) is 0 Å². The third kappa shape index (κ3) is 2.95. The van der Waals surface area contributed by atoms with Crippen LogP contribution in [0.3, 0.4) is 0 Å². The van der Waals surface area contributed by atoms with Gasteiger partial charge in [-0.2, -0.15) is 0 Å². The van der Waals surface area contributed by atoms with Crippen molar-refractivity contribution in [1.29, 1.82) is 0 Å². The van der Waals surface area contributed by atoms with E-state index in [0.29, 0.717) is 0 Å². The van der Waals surface area contributed by atoms with Crippen LogP contribution in [0.1, 0.15) is 15.3 Å². The van der Waals surface area contributed by atoms with Crippen LogP contribution in [0.2, 0.25) is 0 Å². The monoisotopic (exact) mass is 380 g/mol. The van der Waals surface area contributed by atoms with E-state index in [1.54, 1.807) is 11.3 Å². The van der Waals surface area contributed by atoms with E-state index in [1.165, 1.54) is 18.2 Å². The van der Waals surface area contributed by atoms with Gasteiger partial charge >= 0.3 is 0 Å². The Bertz CT molecular complexity index is 505. The van der Waals surface area contributed by atoms with E-state index in [-0.39, 0.29) is 16.8 Å². The van der Waals surface area contributed by atoms with Gasteiger partial charge in [0, 0.05) is 14.9 Å². The standard InChI is InChI=1S/C12H8Br2F2S/c13-8-4-5-17-12(8)9(14)6-7-10(15)2-1-3-11(7)16/h1-5,9H,6H2. The highest BCUT2D eigenvalue weighted by molar-refractivity contribution is 9.11. The normalized spacial score (nSPS) is 12.7. The van der Waals surface area contributed by atoms with Gasteiger partial charge in [-0.1, -0.05) is 22.0 Å². The predicted octanol–water partition coefficient (Wildman–Crippen LogP) is 5.47. The Morgan fingerprint density at radius 1 is 1.18 bits per heavy atom. The SMILES string of the molecule is Fc1cccc(F)c1CC(Br)c1sccc1Br. The molecule has 5 heteroatoms. The van der Waals surface area contributed by atoms with Gasteiger partial charge in [0.2, 0.25) is 0 Å². The summed E-state index contributed by atoms with van der Waals surface area (Å²) in [6.45, 7) is 0. The van der Waals surface area contributed by atoms with E-state index in [1.807, 2.05) is 11.4 Å². The molecule has 2 rings (SSSR count). The van der Waals surface area contributed by atoms with Crippen molar-refractivity contribution >= 4 is 43.2 Å². The van der Waals surface area contributed by atoms with Gasteiger partial charge in [-0.05, 0) is 45.9 Å². The summed E-state index contributed by atoms with van der Waals surface area (Å²) in [7, 11) is 0. The van der Waals surface area contributed by atoms with Gasteiger partial charge in [0.25, 0.3) is 0 Å². The van der Waals surface area contributed by atoms with Crippen molar-refractivity contribution < 1.29 is 8.78 Å². The van der Waals surface area contributed by atoms with Crippen LogP contribution in [0, 0.1) is 11.6 Å². The summed E-state index contributed by atoms with van der Waals surface area (Å²) in [4.78, 5) is 0.941. The van der Waals surface area contributed by atoms with Gasteiger partial charge in [-0.25, -0.2) is 8.78 Å². The summed E-state index contributed by atoms with van der Waals surface area (Å²) in [5, 5.41) is 1.94. The molecule has 0 amide bonds. The first-order chi connectivity index (χ1) is 8.09. The number of hydrogen-bond acceptors (Lipinski definition) is 1. The summed E-state index contributed by atoms with van der Waals surface area (Å²) < 4.78 is 27.9. The van der Waals surface area contributed by atoms with Crippen molar-refractivity contribution in [3.05, 3.63) is 56.2 Å². The molecule has 17 heavy (non-hydrogen) atoms. The maximum Gasteiger partial charge on any atom is 0.129 e. The first-order valence-corrected chi connectivity index (χ1v) is 7.48. The maximum atomic E-state index is 13.5. The number of benzene rings is 1. The van der Waals surface area contributed by atoms with Crippen molar-refractivity contribution in [2.24, 2.45) is 0 Å². The van der Waals surface area contributed by atoms with E-state index in [4.69, 9.17) is 0 Å². The minimum atomic E-state index is -0.498. The van der Waals surface area contributed by atoms with Crippen LogP contribution >= 0.6 is 43.2 Å². The first-order valence-electron chi connectivity index (χ1n) is 4.89. The molecule has 0 nitrogen and oxygen atoms in total. The molecule has 1 unspecified atom stereocenters. The first kappa shape index (κ1) is 13.2. The molecule has 0 saturated carbocycles. The van der Waals surface area contributed by atoms with Gasteiger partial charge < -0.3 is 0 Å². The Morgan fingerprint density at radius 2 is 1.82 bits per heavy atom. The lowest BCUT2D eigenvalue weighted by Crippen LogP contribution is -2.00. The van der Waals surface area contributed by atoms with Gasteiger partial charge in [0.1, 0.15) is 11.6 Å². The number of halogens is 4. The van der Waals surface area contributed by atoms with Gasteiger partial charge in [0.15, 0.2) is 0 Å². The minimum absolute atomic E-state index is 0.0942. The van der Waals surface area contributed by atoms with Crippen LogP contribution in [-0.4, -0.2) is 0 Å². The summed E-state index contributed by atoms with van der Waals surface area (Å²) in [5.41, 5.74) is 0.120. The number of rotatable bonds is 3. The van der Waals surface area contributed by atoms with E-state index in [9.17, 15) is 8.78 Å². The Kier molecular flexibility index (Phi) is 4.33. The Morgan fingerprint density at radius 3 is 2.35 bits per heavy atom. The highest BCUT2D eigenvalue weighted by atomic mass is 79.9. The quantitative estimate of drug-likeness (QED) is 0.618. The zero-order chi connectivity index (χ0) is 12.4. The fourth-order valence-corrected chi connectivity index (χ4v) is 4.36. The second-order valence-electron chi connectivity index (χ2n) is 3.50. The second-order valence-corrected chi connectivity index (χ2v) is 6.41. The highest BCUT2D eigenvalue weighted by Crippen LogP contribution is 2.37. The Balaban J connectivity index is 2.25. The molecule has 2 aromatic rings. The molecule has 1 heterocycles. The van der Waals surface area contributed by atoms with Crippen molar-refractivity contribution in [3.8, 4) is 0 Å². The van der Waals surface area contributed by atoms with Crippen molar-refractivity contribution in [3.63, 3.8) is 0 Å². The Hall–Kier alpha value is -0.260. The van der Waals surface area contributed by atoms with E-state index < -0.39 is 11.6 Å². The van der Waals surface area contributed by atoms with Gasteiger partial charge in [-0.15, -0.1) is 11.3 Å². The van der Waals surface area contributed by atoms with Crippen LogP contribution in [0.4, 0.5) is 8.78 Å². The van der Waals surface area contributed by atoms with Crippen molar-refractivity contribution in [2.75, 3.05) is 0 Å². The average Bonchev–Trinajstić information content (AvgIpc) is 2.70. The van der Waals surface area contributed by atoms with E-state index in [0.717, 1.165) is 9.35 Å². The molecular formula is C12H8Br2F2S. The lowest BCUT2D eigenvalue weighted by Gasteiger charge is -2.10. The maximum absolute atomic E-state index is 13.5. The fourth-order valence-electron chi connectivity index (χ4n) is 1.53. The number of alkyl halides is 1. The molecule has 0 saturated heterocycles. The van der Waals surface area contributed by atoms with Crippen LogP contribution in [-0.2, 0) is 6.42 Å². The van der Waals surface area contributed by atoms with Crippen LogP contribution in [0.25, 0.3) is 0 Å². The van der Waals surface area contributed by atoms with Crippen LogP contribution in [0.15, 0.2) is 34.1 Å². The van der Waals surface area contributed by atoms with Crippen molar-refractivity contribution in [1.82, 2.24) is 0 Å². The minimum Gasteiger partial charge on any atom is -0.207 e. The molecule has 0 radical (unpaired) electrons. The molecular weight excluding hydrogens is 374 g/mol. The fraction of sp³-hybridized carbons (Fsp3) is 0.167. The molecule has 0 bridgehead atoms. The lowest BCUT2D eigenvalue weighted by atomic mass is 10.1. The summed E-state index contributed by atoms with van der Waals surface area (Å²) in [6, 6.07) is 5.85. The van der Waals surface area contributed by atoms with E-state index in [2.05, 4.69) is 31.9 Å². The predicted molar refractivity (Wildman–Crippen MR) is 73.7 cm³/mol. The van der Waals surface area contributed by atoms with Crippen LogP contribution in [0.5, 0.6) is 0 Å². The molecule has 0 aliphatic heterocycles. The molecule has 0 fully saturated rings.